The van der Waals surface area contributed by atoms with Crippen molar-refractivity contribution in [2.75, 3.05) is 6.61 Å². The van der Waals surface area contributed by atoms with Crippen LogP contribution in [0, 0.1) is 0 Å². The predicted octanol–water partition coefficient (Wildman–Crippen LogP) is 2.31. The van der Waals surface area contributed by atoms with E-state index in [1.807, 2.05) is 36.4 Å². The Balaban J connectivity index is 1.64. The van der Waals surface area contributed by atoms with E-state index in [0.717, 1.165) is 28.9 Å². The number of nitrogens with zero attached hydrogens (tertiary/aromatic N) is 7. The van der Waals surface area contributed by atoms with Crippen LogP contribution in [-0.2, 0) is 13.7 Å². The largest absolute Gasteiger partial charge is 0.493 e. The third kappa shape index (κ3) is 3.43. The van der Waals surface area contributed by atoms with Crippen molar-refractivity contribution in [3.8, 4) is 17.7 Å². The third-order valence-electron chi connectivity index (χ3n) is 3.94. The monoisotopic (exact) mass is 365 g/mol. The maximum absolute atomic E-state index is 5.97. The summed E-state index contributed by atoms with van der Waals surface area (Å²) in [6.45, 7) is 2.98. The van der Waals surface area contributed by atoms with Crippen molar-refractivity contribution in [2.45, 2.75) is 20.0 Å². The number of pyridine rings is 1. The SMILES string of the molecule is CCCOc1ccnc(COc2nc3ccccc3n2-c2nnnn2C)c1. The van der Waals surface area contributed by atoms with Gasteiger partial charge in [-0.3, -0.25) is 4.98 Å². The summed E-state index contributed by atoms with van der Waals surface area (Å²) in [4.78, 5) is 8.91. The van der Waals surface area contributed by atoms with E-state index in [2.05, 4.69) is 32.4 Å². The van der Waals surface area contributed by atoms with Crippen molar-refractivity contribution in [2.24, 2.45) is 7.05 Å². The van der Waals surface area contributed by atoms with Gasteiger partial charge in [0.05, 0.1) is 23.3 Å². The zero-order valence-electron chi connectivity index (χ0n) is 15.1. The second-order valence-corrected chi connectivity index (χ2v) is 5.94. The molecule has 3 aromatic heterocycles. The lowest BCUT2D eigenvalue weighted by molar-refractivity contribution is 0.270. The molecule has 0 saturated heterocycles. The number of tetrazole rings is 1. The minimum atomic E-state index is 0.248. The molecule has 0 spiro atoms. The smallest absolute Gasteiger partial charge is 0.305 e. The molecule has 9 nitrogen and oxygen atoms in total. The topological polar surface area (TPSA) is 92.8 Å². The highest BCUT2D eigenvalue weighted by atomic mass is 16.5. The van der Waals surface area contributed by atoms with E-state index in [1.165, 1.54) is 0 Å². The molecule has 0 aliphatic rings. The number of hydrogen-bond donors (Lipinski definition) is 0. The first-order valence-corrected chi connectivity index (χ1v) is 8.67. The van der Waals surface area contributed by atoms with Gasteiger partial charge in [-0.05, 0) is 35.0 Å². The molecule has 0 aliphatic heterocycles. The van der Waals surface area contributed by atoms with Gasteiger partial charge >= 0.3 is 6.01 Å². The van der Waals surface area contributed by atoms with Gasteiger partial charge in [0.15, 0.2) is 0 Å². The molecule has 0 aliphatic carbocycles. The fourth-order valence-electron chi connectivity index (χ4n) is 2.69. The van der Waals surface area contributed by atoms with Crippen LogP contribution in [0.5, 0.6) is 11.8 Å². The van der Waals surface area contributed by atoms with Crippen LogP contribution in [0.25, 0.3) is 17.0 Å². The molecule has 0 atom stereocenters. The number of rotatable bonds is 7. The van der Waals surface area contributed by atoms with Gasteiger partial charge in [-0.2, -0.15) is 4.98 Å². The summed E-state index contributed by atoms with van der Waals surface area (Å²) in [6, 6.07) is 11.8. The van der Waals surface area contributed by atoms with Crippen LogP contribution in [-0.4, -0.2) is 41.3 Å². The third-order valence-corrected chi connectivity index (χ3v) is 3.94. The number of ether oxygens (including phenoxy) is 2. The Hall–Kier alpha value is -3.49. The van der Waals surface area contributed by atoms with E-state index in [0.29, 0.717) is 18.6 Å². The average Bonchev–Trinajstić information content (AvgIpc) is 3.27. The van der Waals surface area contributed by atoms with Crippen LogP contribution in [0.15, 0.2) is 42.6 Å². The Morgan fingerprint density at radius 3 is 2.81 bits per heavy atom. The molecule has 0 radical (unpaired) electrons. The van der Waals surface area contributed by atoms with Crippen molar-refractivity contribution in [1.29, 1.82) is 0 Å². The second kappa shape index (κ2) is 7.40. The van der Waals surface area contributed by atoms with E-state index < -0.39 is 0 Å². The first kappa shape index (κ1) is 17.0. The zero-order chi connectivity index (χ0) is 18.6. The molecule has 27 heavy (non-hydrogen) atoms. The number of aryl methyl sites for hydroxylation is 1. The second-order valence-electron chi connectivity index (χ2n) is 5.94. The van der Waals surface area contributed by atoms with Gasteiger partial charge in [0.2, 0.25) is 0 Å². The Morgan fingerprint density at radius 1 is 1.11 bits per heavy atom. The van der Waals surface area contributed by atoms with Gasteiger partial charge in [0, 0.05) is 19.3 Å². The molecule has 0 unspecified atom stereocenters. The summed E-state index contributed by atoms with van der Waals surface area (Å²) >= 11 is 0. The molecule has 138 valence electrons. The van der Waals surface area contributed by atoms with E-state index in [9.17, 15) is 0 Å². The molecule has 0 N–H and O–H groups in total. The zero-order valence-corrected chi connectivity index (χ0v) is 15.1. The number of benzene rings is 1. The highest BCUT2D eigenvalue weighted by molar-refractivity contribution is 5.78. The Labute approximate surface area is 155 Å². The maximum atomic E-state index is 5.97. The van der Waals surface area contributed by atoms with Crippen LogP contribution in [0.2, 0.25) is 0 Å². The number of fused-ring (bicyclic) bond motifs is 1. The molecule has 0 bridgehead atoms. The van der Waals surface area contributed by atoms with Crippen molar-refractivity contribution in [1.82, 2.24) is 34.7 Å². The molecular formula is C18H19N7O2. The van der Waals surface area contributed by atoms with Gasteiger partial charge in [0.25, 0.3) is 5.95 Å². The molecule has 0 amide bonds. The van der Waals surface area contributed by atoms with Gasteiger partial charge < -0.3 is 9.47 Å². The molecule has 0 saturated carbocycles. The number of para-hydroxylation sites is 2. The standard InChI is InChI=1S/C18H19N7O2/c1-3-10-26-14-8-9-19-13(11-14)12-27-18-20-15-6-4-5-7-16(15)25(18)17-21-22-23-24(17)2/h4-9,11H,3,10,12H2,1-2H3. The van der Waals surface area contributed by atoms with Crippen molar-refractivity contribution < 1.29 is 9.47 Å². The van der Waals surface area contributed by atoms with E-state index in [1.54, 1.807) is 22.5 Å². The molecule has 3 heterocycles. The van der Waals surface area contributed by atoms with Crippen molar-refractivity contribution >= 4 is 11.0 Å². The lowest BCUT2D eigenvalue weighted by atomic mass is 10.3. The Morgan fingerprint density at radius 2 is 2.00 bits per heavy atom. The minimum absolute atomic E-state index is 0.248. The normalized spacial score (nSPS) is 11.0. The summed E-state index contributed by atoms with van der Waals surface area (Å²) in [6.07, 6.45) is 2.66. The van der Waals surface area contributed by atoms with E-state index >= 15 is 0 Å². The summed E-state index contributed by atoms with van der Waals surface area (Å²) < 4.78 is 15.0. The average molecular weight is 365 g/mol. The number of imidazole rings is 1. The number of hydrogen-bond acceptors (Lipinski definition) is 7. The van der Waals surface area contributed by atoms with E-state index in [4.69, 9.17) is 9.47 Å². The first-order chi connectivity index (χ1) is 13.3. The van der Waals surface area contributed by atoms with Crippen LogP contribution < -0.4 is 9.47 Å². The number of aromatic nitrogens is 7. The molecular weight excluding hydrogens is 346 g/mol. The molecule has 0 fully saturated rings. The fourth-order valence-corrected chi connectivity index (χ4v) is 2.69. The van der Waals surface area contributed by atoms with Gasteiger partial charge in [-0.25, -0.2) is 9.25 Å². The predicted molar refractivity (Wildman–Crippen MR) is 97.8 cm³/mol. The molecule has 1 aromatic carbocycles. The minimum Gasteiger partial charge on any atom is -0.493 e. The van der Waals surface area contributed by atoms with Gasteiger partial charge in [-0.1, -0.05) is 24.2 Å². The van der Waals surface area contributed by atoms with Crippen molar-refractivity contribution in [3.05, 3.63) is 48.3 Å². The molecule has 4 aromatic rings. The summed E-state index contributed by atoms with van der Waals surface area (Å²) in [5.41, 5.74) is 2.40. The van der Waals surface area contributed by atoms with Crippen LogP contribution in [0.3, 0.4) is 0 Å². The highest BCUT2D eigenvalue weighted by Crippen LogP contribution is 2.25. The fraction of sp³-hybridized carbons (Fsp3) is 0.278. The quantitative estimate of drug-likeness (QED) is 0.496. The summed E-state index contributed by atoms with van der Waals surface area (Å²) in [5, 5.41) is 11.7. The lowest BCUT2D eigenvalue weighted by Crippen LogP contribution is -2.08. The Bertz CT molecular complexity index is 1060. The summed E-state index contributed by atoms with van der Waals surface area (Å²) in [7, 11) is 1.77. The molecule has 9 heteroatoms. The first-order valence-electron chi connectivity index (χ1n) is 8.67. The van der Waals surface area contributed by atoms with Crippen molar-refractivity contribution in [3.63, 3.8) is 0 Å². The highest BCUT2D eigenvalue weighted by Gasteiger charge is 2.18. The van der Waals surface area contributed by atoms with E-state index in [-0.39, 0.29) is 6.61 Å². The van der Waals surface area contributed by atoms with Gasteiger partial charge in [-0.15, -0.1) is 0 Å². The van der Waals surface area contributed by atoms with Crippen LogP contribution in [0.1, 0.15) is 19.0 Å². The maximum Gasteiger partial charge on any atom is 0.305 e. The van der Waals surface area contributed by atoms with Gasteiger partial charge in [0.1, 0.15) is 12.4 Å². The molecule has 4 rings (SSSR count). The Kier molecular flexibility index (Phi) is 4.65. The van der Waals surface area contributed by atoms with Crippen LogP contribution >= 0.6 is 0 Å². The summed E-state index contributed by atoms with van der Waals surface area (Å²) in [5.74, 6) is 1.29. The lowest BCUT2D eigenvalue weighted by Gasteiger charge is -2.09. The van der Waals surface area contributed by atoms with Crippen LogP contribution in [0.4, 0.5) is 0 Å².